The van der Waals surface area contributed by atoms with Crippen molar-refractivity contribution in [3.63, 3.8) is 0 Å². The minimum atomic E-state index is -0.416. The number of hydrogen-bond acceptors (Lipinski definition) is 2. The van der Waals surface area contributed by atoms with Crippen molar-refractivity contribution in [1.82, 2.24) is 0 Å². The molecule has 0 aromatic heterocycles. The molecule has 2 N–H and O–H groups in total. The molecule has 1 rings (SSSR count). The lowest BCUT2D eigenvalue weighted by Gasteiger charge is -2.37. The number of hydrogen-bond donors (Lipinski definition) is 1. The molecule has 19 heavy (non-hydrogen) atoms. The second kappa shape index (κ2) is 7.22. The zero-order chi connectivity index (χ0) is 14.5. The first kappa shape index (κ1) is 16.4. The number of rotatable bonds is 7. The van der Waals surface area contributed by atoms with Crippen LogP contribution in [-0.2, 0) is 11.2 Å². The molecule has 0 bridgehead atoms. The molecule has 0 spiro atoms. The molecule has 0 saturated heterocycles. The Morgan fingerprint density at radius 3 is 2.42 bits per heavy atom. The average molecular weight is 288 g/mol. The molecule has 0 aliphatic rings. The van der Waals surface area contributed by atoms with E-state index in [9.17, 15) is 4.39 Å². The van der Waals surface area contributed by atoms with E-state index in [0.29, 0.717) is 23.6 Å². The van der Waals surface area contributed by atoms with Gasteiger partial charge >= 0.3 is 0 Å². The lowest BCUT2D eigenvalue weighted by atomic mass is 9.85. The summed E-state index contributed by atoms with van der Waals surface area (Å²) in [4.78, 5) is 0. The standard InChI is InChI=1S/C15H23ClFNO/c1-4-15(5-2,19-6-3)14(18)10-11-12(16)8-7-9-13(11)17/h7-9,14H,4-6,10,18H2,1-3H3. The predicted octanol–water partition coefficient (Wildman–Crippen LogP) is 3.94. The topological polar surface area (TPSA) is 35.2 Å². The lowest BCUT2D eigenvalue weighted by molar-refractivity contribution is -0.0634. The molecule has 0 heterocycles. The van der Waals surface area contributed by atoms with E-state index >= 15 is 0 Å². The molecule has 1 unspecified atom stereocenters. The van der Waals surface area contributed by atoms with Crippen molar-refractivity contribution >= 4 is 11.6 Å². The molecule has 0 fully saturated rings. The number of nitrogens with two attached hydrogens (primary N) is 1. The van der Waals surface area contributed by atoms with Gasteiger partial charge in [-0.05, 0) is 38.3 Å². The molecule has 4 heteroatoms. The fourth-order valence-corrected chi connectivity index (χ4v) is 2.75. The first-order chi connectivity index (χ1) is 9.00. The van der Waals surface area contributed by atoms with E-state index in [0.717, 1.165) is 12.8 Å². The van der Waals surface area contributed by atoms with Gasteiger partial charge in [-0.25, -0.2) is 4.39 Å². The molecule has 1 aromatic rings. The third kappa shape index (κ3) is 3.68. The molecule has 2 nitrogen and oxygen atoms in total. The summed E-state index contributed by atoms with van der Waals surface area (Å²) in [6.45, 7) is 6.63. The fraction of sp³-hybridized carbons (Fsp3) is 0.600. The minimum Gasteiger partial charge on any atom is -0.374 e. The average Bonchev–Trinajstić information content (AvgIpc) is 2.40. The highest BCUT2D eigenvalue weighted by atomic mass is 35.5. The normalized spacial score (nSPS) is 13.6. The van der Waals surface area contributed by atoms with Gasteiger partial charge in [0.25, 0.3) is 0 Å². The molecule has 0 aliphatic carbocycles. The first-order valence-corrected chi connectivity index (χ1v) is 7.20. The summed E-state index contributed by atoms with van der Waals surface area (Å²) in [6.07, 6.45) is 1.97. The largest absolute Gasteiger partial charge is 0.374 e. The van der Waals surface area contributed by atoms with Gasteiger partial charge in [-0.3, -0.25) is 0 Å². The lowest BCUT2D eigenvalue weighted by Crippen LogP contribution is -2.50. The van der Waals surface area contributed by atoms with E-state index in [1.165, 1.54) is 6.07 Å². The Morgan fingerprint density at radius 1 is 1.32 bits per heavy atom. The zero-order valence-electron chi connectivity index (χ0n) is 11.9. The Bertz CT molecular complexity index is 387. The van der Waals surface area contributed by atoms with Crippen molar-refractivity contribution in [1.29, 1.82) is 0 Å². The predicted molar refractivity (Wildman–Crippen MR) is 78.0 cm³/mol. The van der Waals surface area contributed by atoms with Gasteiger partial charge < -0.3 is 10.5 Å². The van der Waals surface area contributed by atoms with E-state index in [1.807, 2.05) is 20.8 Å². The second-order valence-corrected chi connectivity index (χ2v) is 5.12. The Kier molecular flexibility index (Phi) is 6.24. The molecule has 0 aliphatic heterocycles. The number of ether oxygens (including phenoxy) is 1. The maximum atomic E-state index is 13.8. The minimum absolute atomic E-state index is 0.281. The zero-order valence-corrected chi connectivity index (χ0v) is 12.6. The summed E-state index contributed by atoms with van der Waals surface area (Å²) < 4.78 is 19.7. The van der Waals surface area contributed by atoms with Crippen LogP contribution in [-0.4, -0.2) is 18.2 Å². The summed E-state index contributed by atoms with van der Waals surface area (Å²) in [5.74, 6) is -0.305. The Morgan fingerprint density at radius 2 is 1.95 bits per heavy atom. The molecule has 0 radical (unpaired) electrons. The summed E-state index contributed by atoms with van der Waals surface area (Å²) >= 11 is 6.05. The van der Waals surface area contributed by atoms with Crippen molar-refractivity contribution in [2.75, 3.05) is 6.61 Å². The van der Waals surface area contributed by atoms with Gasteiger partial charge in [0.15, 0.2) is 0 Å². The molecule has 1 aromatic carbocycles. The van der Waals surface area contributed by atoms with E-state index in [1.54, 1.807) is 12.1 Å². The highest BCUT2D eigenvalue weighted by Gasteiger charge is 2.34. The van der Waals surface area contributed by atoms with Gasteiger partial charge in [0.05, 0.1) is 5.60 Å². The third-order valence-corrected chi connectivity index (χ3v) is 4.14. The van der Waals surface area contributed by atoms with Crippen LogP contribution >= 0.6 is 11.6 Å². The van der Waals surface area contributed by atoms with Crippen LogP contribution < -0.4 is 5.73 Å². The van der Waals surface area contributed by atoms with Gasteiger partial charge in [0, 0.05) is 23.2 Å². The second-order valence-electron chi connectivity index (χ2n) is 4.72. The van der Waals surface area contributed by atoms with E-state index in [-0.39, 0.29) is 11.9 Å². The van der Waals surface area contributed by atoms with Crippen molar-refractivity contribution < 1.29 is 9.13 Å². The Labute approximate surface area is 120 Å². The van der Waals surface area contributed by atoms with Gasteiger partial charge in [-0.1, -0.05) is 31.5 Å². The maximum absolute atomic E-state index is 13.8. The summed E-state index contributed by atoms with van der Waals surface area (Å²) in [5.41, 5.74) is 6.34. The third-order valence-electron chi connectivity index (χ3n) is 3.79. The molecule has 1 atom stereocenters. The van der Waals surface area contributed by atoms with Crippen molar-refractivity contribution in [2.24, 2.45) is 5.73 Å². The highest BCUT2D eigenvalue weighted by molar-refractivity contribution is 6.31. The van der Waals surface area contributed by atoms with Crippen LogP contribution in [0.3, 0.4) is 0 Å². The van der Waals surface area contributed by atoms with Gasteiger partial charge in [-0.15, -0.1) is 0 Å². The Balaban J connectivity index is 2.96. The number of benzene rings is 1. The summed E-state index contributed by atoms with van der Waals surface area (Å²) in [5, 5.41) is 0.424. The Hall–Kier alpha value is -0.640. The van der Waals surface area contributed by atoms with Crippen LogP contribution in [0.15, 0.2) is 18.2 Å². The summed E-state index contributed by atoms with van der Waals surface area (Å²) in [6, 6.07) is 4.42. The quantitative estimate of drug-likeness (QED) is 0.824. The van der Waals surface area contributed by atoms with Crippen LogP contribution in [0.2, 0.25) is 5.02 Å². The monoisotopic (exact) mass is 287 g/mol. The molecular weight excluding hydrogens is 265 g/mol. The van der Waals surface area contributed by atoms with Gasteiger partial charge in [0.2, 0.25) is 0 Å². The first-order valence-electron chi connectivity index (χ1n) is 6.83. The highest BCUT2D eigenvalue weighted by Crippen LogP contribution is 2.29. The van der Waals surface area contributed by atoms with Crippen molar-refractivity contribution in [3.05, 3.63) is 34.6 Å². The van der Waals surface area contributed by atoms with E-state index < -0.39 is 5.60 Å². The maximum Gasteiger partial charge on any atom is 0.127 e. The van der Waals surface area contributed by atoms with Crippen molar-refractivity contribution in [2.45, 2.75) is 51.7 Å². The molecule has 0 saturated carbocycles. The molecule has 108 valence electrons. The number of halogens is 2. The van der Waals surface area contributed by atoms with Crippen LogP contribution in [0.1, 0.15) is 39.2 Å². The SMILES string of the molecule is CCOC(CC)(CC)C(N)Cc1c(F)cccc1Cl. The van der Waals surface area contributed by atoms with Crippen molar-refractivity contribution in [3.8, 4) is 0 Å². The van der Waals surface area contributed by atoms with Gasteiger partial charge in [0.1, 0.15) is 5.82 Å². The molecule has 0 amide bonds. The van der Waals surface area contributed by atoms with Crippen LogP contribution in [0.4, 0.5) is 4.39 Å². The van der Waals surface area contributed by atoms with Crippen LogP contribution in [0.5, 0.6) is 0 Å². The van der Waals surface area contributed by atoms with E-state index in [4.69, 9.17) is 22.1 Å². The van der Waals surface area contributed by atoms with Crippen LogP contribution in [0.25, 0.3) is 0 Å². The smallest absolute Gasteiger partial charge is 0.127 e. The van der Waals surface area contributed by atoms with Crippen LogP contribution in [0, 0.1) is 5.82 Å². The van der Waals surface area contributed by atoms with Gasteiger partial charge in [-0.2, -0.15) is 0 Å². The summed E-state index contributed by atoms with van der Waals surface area (Å²) in [7, 11) is 0. The van der Waals surface area contributed by atoms with E-state index in [2.05, 4.69) is 0 Å². The fourth-order valence-electron chi connectivity index (χ4n) is 2.51. The molecular formula is C15H23ClFNO.